The van der Waals surface area contributed by atoms with E-state index in [1.54, 1.807) is 0 Å². The molecule has 3 N–H and O–H groups in total. The Morgan fingerprint density at radius 1 is 1.18 bits per heavy atom. The Morgan fingerprint density at radius 2 is 1.97 bits per heavy atom. The number of likely N-dealkylation sites (tertiary alicyclic amines) is 1. The molecule has 2 heterocycles. The summed E-state index contributed by atoms with van der Waals surface area (Å²) >= 11 is 0. The molecule has 2 amide bonds. The predicted molar refractivity (Wildman–Crippen MR) is 142 cm³/mol. The van der Waals surface area contributed by atoms with Crippen LogP contribution in [0.4, 0.5) is 4.79 Å². The Bertz CT molecular complexity index is 1400. The molecule has 1 aliphatic rings. The van der Waals surface area contributed by atoms with Crippen LogP contribution in [0.1, 0.15) is 38.7 Å². The van der Waals surface area contributed by atoms with E-state index in [2.05, 4.69) is 15.3 Å². The van der Waals surface area contributed by atoms with Crippen LogP contribution in [0.3, 0.4) is 0 Å². The van der Waals surface area contributed by atoms with E-state index in [0.29, 0.717) is 49.0 Å². The molecule has 10 nitrogen and oxygen atoms in total. The number of fused-ring (bicyclic) bond motifs is 1. The largest absolute Gasteiger partial charge is 0.480 e. The fourth-order valence-corrected chi connectivity index (χ4v) is 4.54. The Morgan fingerprint density at radius 3 is 2.76 bits per heavy atom. The third-order valence-corrected chi connectivity index (χ3v) is 6.73. The summed E-state index contributed by atoms with van der Waals surface area (Å²) in [5, 5.41) is 11.6. The van der Waals surface area contributed by atoms with Crippen molar-refractivity contribution in [2.45, 2.75) is 45.6 Å². The van der Waals surface area contributed by atoms with E-state index in [1.807, 2.05) is 62.4 Å². The molecule has 3 aromatic rings. The van der Waals surface area contributed by atoms with Crippen molar-refractivity contribution < 1.29 is 24.2 Å². The highest BCUT2D eigenvalue weighted by Gasteiger charge is 2.33. The molecule has 0 aliphatic carbocycles. The van der Waals surface area contributed by atoms with E-state index in [0.717, 1.165) is 11.1 Å². The smallest absolute Gasteiger partial charge is 0.407 e. The number of para-hydroxylation sites is 2. The summed E-state index contributed by atoms with van der Waals surface area (Å²) in [5.74, 6) is -1.48. The summed E-state index contributed by atoms with van der Waals surface area (Å²) < 4.78 is 5.34. The van der Waals surface area contributed by atoms with E-state index >= 15 is 0 Å². The maximum atomic E-state index is 12.6. The van der Waals surface area contributed by atoms with Gasteiger partial charge in [-0.05, 0) is 54.9 Å². The van der Waals surface area contributed by atoms with Gasteiger partial charge in [0.1, 0.15) is 18.3 Å². The molecule has 2 aromatic carbocycles. The molecule has 1 unspecified atom stereocenters. The molecule has 1 fully saturated rings. The van der Waals surface area contributed by atoms with Gasteiger partial charge in [0.15, 0.2) is 0 Å². The molecule has 200 valence electrons. The fourth-order valence-electron chi connectivity index (χ4n) is 4.54. The van der Waals surface area contributed by atoms with Crippen LogP contribution in [0.25, 0.3) is 22.3 Å². The van der Waals surface area contributed by atoms with E-state index < -0.39 is 24.0 Å². The maximum absolute atomic E-state index is 12.6. The van der Waals surface area contributed by atoms with Crippen molar-refractivity contribution in [3.63, 3.8) is 0 Å². The number of alkyl carbamates (subject to hydrolysis) is 1. The van der Waals surface area contributed by atoms with Crippen LogP contribution in [-0.4, -0.2) is 63.7 Å². The third-order valence-electron chi connectivity index (χ3n) is 6.73. The Labute approximate surface area is 220 Å². The highest BCUT2D eigenvalue weighted by Crippen LogP contribution is 2.25. The number of hydrogen-bond acceptors (Lipinski definition) is 6. The average molecular weight is 521 g/mol. The van der Waals surface area contributed by atoms with Gasteiger partial charge in [-0.2, -0.15) is 0 Å². The number of carbonyl (C=O) groups is 3. The SMILES string of the molecule is CC(C)(CCc1cccc(-c2nc3ccccc3[nH]c2=O)c1)COC(=O)NCC(=O)N1CCCC1C(=O)O. The first-order valence-corrected chi connectivity index (χ1v) is 12.6. The number of H-pyrrole nitrogens is 1. The van der Waals surface area contributed by atoms with Gasteiger partial charge in [0.05, 0.1) is 17.6 Å². The molecule has 10 heteroatoms. The average Bonchev–Trinajstić information content (AvgIpc) is 3.40. The number of carboxylic acids is 1. The van der Waals surface area contributed by atoms with Gasteiger partial charge in [0.2, 0.25) is 5.91 Å². The molecule has 1 saturated heterocycles. The topological polar surface area (TPSA) is 142 Å². The molecule has 38 heavy (non-hydrogen) atoms. The summed E-state index contributed by atoms with van der Waals surface area (Å²) in [6.45, 7) is 4.16. The van der Waals surface area contributed by atoms with E-state index in [-0.39, 0.29) is 24.1 Å². The van der Waals surface area contributed by atoms with Crippen LogP contribution >= 0.6 is 0 Å². The van der Waals surface area contributed by atoms with Gasteiger partial charge in [-0.15, -0.1) is 0 Å². The number of aromatic amines is 1. The number of ether oxygens (including phenoxy) is 1. The second-order valence-electron chi connectivity index (χ2n) is 10.3. The van der Waals surface area contributed by atoms with Crippen molar-refractivity contribution in [3.8, 4) is 11.3 Å². The predicted octanol–water partition coefficient (Wildman–Crippen LogP) is 3.35. The van der Waals surface area contributed by atoms with Gasteiger partial charge in [-0.1, -0.05) is 44.2 Å². The van der Waals surface area contributed by atoms with Crippen LogP contribution < -0.4 is 10.9 Å². The van der Waals surface area contributed by atoms with Crippen LogP contribution in [0, 0.1) is 5.41 Å². The Balaban J connectivity index is 1.28. The van der Waals surface area contributed by atoms with Gasteiger partial charge in [0, 0.05) is 12.1 Å². The van der Waals surface area contributed by atoms with Crippen molar-refractivity contribution in [2.75, 3.05) is 19.7 Å². The van der Waals surface area contributed by atoms with Gasteiger partial charge < -0.3 is 25.0 Å². The summed E-state index contributed by atoms with van der Waals surface area (Å²) in [6.07, 6.45) is 1.72. The van der Waals surface area contributed by atoms with Crippen LogP contribution in [-0.2, 0) is 20.7 Å². The zero-order valence-corrected chi connectivity index (χ0v) is 21.5. The summed E-state index contributed by atoms with van der Waals surface area (Å²) in [4.78, 5) is 57.0. The second kappa shape index (κ2) is 11.5. The Hall–Kier alpha value is -4.21. The zero-order valence-electron chi connectivity index (χ0n) is 21.5. The molecule has 0 spiro atoms. The lowest BCUT2D eigenvalue weighted by atomic mass is 9.87. The molecule has 0 bridgehead atoms. The van der Waals surface area contributed by atoms with Crippen molar-refractivity contribution >= 4 is 29.0 Å². The van der Waals surface area contributed by atoms with Crippen molar-refractivity contribution in [1.82, 2.24) is 20.2 Å². The van der Waals surface area contributed by atoms with Crippen molar-refractivity contribution in [2.24, 2.45) is 5.41 Å². The van der Waals surface area contributed by atoms with Crippen molar-refractivity contribution in [3.05, 3.63) is 64.4 Å². The third kappa shape index (κ3) is 6.56. The highest BCUT2D eigenvalue weighted by molar-refractivity contribution is 5.87. The lowest BCUT2D eigenvalue weighted by Crippen LogP contribution is -2.45. The fraction of sp³-hybridized carbons (Fsp3) is 0.393. The molecular weight excluding hydrogens is 488 g/mol. The number of aromatic nitrogens is 2. The van der Waals surface area contributed by atoms with Crippen LogP contribution in [0.5, 0.6) is 0 Å². The molecule has 4 rings (SSSR count). The quantitative estimate of drug-likeness (QED) is 0.393. The first-order chi connectivity index (χ1) is 18.1. The minimum atomic E-state index is -1.04. The maximum Gasteiger partial charge on any atom is 0.407 e. The number of nitrogens with one attached hydrogen (secondary N) is 2. The first-order valence-electron chi connectivity index (χ1n) is 12.6. The molecule has 1 aromatic heterocycles. The minimum Gasteiger partial charge on any atom is -0.480 e. The number of benzene rings is 2. The second-order valence-corrected chi connectivity index (χ2v) is 10.3. The summed E-state index contributed by atoms with van der Waals surface area (Å²) in [5.41, 5.74) is 2.93. The number of hydrogen-bond donors (Lipinski definition) is 3. The van der Waals surface area contributed by atoms with E-state index in [1.165, 1.54) is 4.90 Å². The highest BCUT2D eigenvalue weighted by atomic mass is 16.5. The van der Waals surface area contributed by atoms with Gasteiger partial charge in [-0.25, -0.2) is 14.6 Å². The van der Waals surface area contributed by atoms with Gasteiger partial charge in [0.25, 0.3) is 5.56 Å². The van der Waals surface area contributed by atoms with Crippen molar-refractivity contribution in [1.29, 1.82) is 0 Å². The number of amides is 2. The standard InChI is InChI=1S/C28H32N4O6/c1-28(2,17-38-27(37)29-16-23(33)32-14-6-11-22(32)26(35)36)13-12-18-7-5-8-19(15-18)24-25(34)31-21-10-4-3-9-20(21)30-24/h3-5,7-10,15,22H,6,11-14,16-17H2,1-2H3,(H,29,37)(H,31,34)(H,35,36). The van der Waals surface area contributed by atoms with E-state index in [9.17, 15) is 24.3 Å². The molecule has 0 radical (unpaired) electrons. The van der Waals surface area contributed by atoms with E-state index in [4.69, 9.17) is 4.74 Å². The lowest BCUT2D eigenvalue weighted by Gasteiger charge is -2.25. The normalized spacial score (nSPS) is 15.4. The molecule has 1 atom stereocenters. The number of nitrogens with zero attached hydrogens (tertiary/aromatic N) is 2. The molecule has 1 aliphatic heterocycles. The van der Waals surface area contributed by atoms with Crippen LogP contribution in [0.15, 0.2) is 53.3 Å². The summed E-state index contributed by atoms with van der Waals surface area (Å²) in [7, 11) is 0. The van der Waals surface area contributed by atoms with Crippen LogP contribution in [0.2, 0.25) is 0 Å². The Kier molecular flexibility index (Phi) is 8.09. The summed E-state index contributed by atoms with van der Waals surface area (Å²) in [6, 6.07) is 14.2. The lowest BCUT2D eigenvalue weighted by molar-refractivity contribution is -0.147. The number of carbonyl (C=O) groups excluding carboxylic acids is 2. The molecule has 0 saturated carbocycles. The van der Waals surface area contributed by atoms with Gasteiger partial charge in [-0.3, -0.25) is 9.59 Å². The molecular formula is C28H32N4O6. The number of carboxylic acid groups (broad SMARTS) is 1. The number of aryl methyl sites for hydroxylation is 1. The monoisotopic (exact) mass is 520 g/mol. The number of aliphatic carboxylic acids is 1. The zero-order chi connectivity index (χ0) is 27.3. The number of rotatable bonds is 9. The van der Waals surface area contributed by atoms with Gasteiger partial charge >= 0.3 is 12.1 Å². The first kappa shape index (κ1) is 26.8. The minimum absolute atomic E-state index is 0.139.